The van der Waals surface area contributed by atoms with Crippen LogP contribution in [0.1, 0.15) is 19.4 Å². The first-order valence-electron chi connectivity index (χ1n) is 8.37. The number of methoxy groups -OCH3 is 1. The molecule has 0 amide bonds. The van der Waals surface area contributed by atoms with Crippen LogP contribution in [0.5, 0.6) is 0 Å². The molecule has 2 heterocycles. The molecule has 0 fully saturated rings. The Hall–Kier alpha value is -1.64. The largest absolute Gasteiger partial charge is 0.380 e. The Morgan fingerprint density at radius 1 is 1.20 bits per heavy atom. The molecule has 2 aromatic rings. The summed E-state index contributed by atoms with van der Waals surface area (Å²) in [5.41, 5.74) is 0.603. The fourth-order valence-corrected chi connectivity index (χ4v) is 3.95. The summed E-state index contributed by atoms with van der Waals surface area (Å²) < 4.78 is 7.82. The van der Waals surface area contributed by atoms with Gasteiger partial charge in [0.25, 0.3) is 5.56 Å². The summed E-state index contributed by atoms with van der Waals surface area (Å²) in [6.45, 7) is 7.57. The summed E-state index contributed by atoms with van der Waals surface area (Å²) in [5.74, 6) is 0.851. The van der Waals surface area contributed by atoms with Crippen LogP contribution < -0.4 is 11.2 Å². The zero-order valence-corrected chi connectivity index (χ0v) is 16.4. The van der Waals surface area contributed by atoms with Gasteiger partial charge in [0.05, 0.1) is 12.0 Å². The van der Waals surface area contributed by atoms with Crippen molar-refractivity contribution < 1.29 is 4.74 Å². The van der Waals surface area contributed by atoms with Gasteiger partial charge in [-0.05, 0) is 13.1 Å². The van der Waals surface area contributed by atoms with Crippen molar-refractivity contribution in [1.82, 2.24) is 19.0 Å². The maximum absolute atomic E-state index is 12.7. The van der Waals surface area contributed by atoms with Crippen LogP contribution in [-0.2, 0) is 25.4 Å². The molecule has 0 radical (unpaired) electrons. The van der Waals surface area contributed by atoms with E-state index in [4.69, 9.17) is 4.74 Å². The molecule has 0 saturated carbocycles. The van der Waals surface area contributed by atoms with Crippen LogP contribution >= 0.6 is 11.8 Å². The van der Waals surface area contributed by atoms with E-state index in [9.17, 15) is 9.59 Å². The number of nitrogens with zero attached hydrogens (tertiary/aromatic N) is 4. The maximum Gasteiger partial charge on any atom is 0.332 e. The number of thioether (sulfide) groups is 1. The van der Waals surface area contributed by atoms with E-state index in [-0.39, 0.29) is 11.2 Å². The van der Waals surface area contributed by atoms with Gasteiger partial charge in [0.15, 0.2) is 0 Å². The van der Waals surface area contributed by atoms with Crippen LogP contribution in [0, 0.1) is 0 Å². The molecule has 0 bridgehead atoms. The van der Waals surface area contributed by atoms with E-state index in [0.29, 0.717) is 17.6 Å². The standard InChI is InChI=1S/C17H26N4O3S/c1-6-21(7-2)8-9-25-14-12(11-24-5)10-18-15-13(14)16(22)20(4)17(23)19(15)3/h10H,6-9,11H2,1-5H3. The average molecular weight is 366 g/mol. The quantitative estimate of drug-likeness (QED) is 0.654. The molecule has 0 N–H and O–H groups in total. The molecular formula is C17H26N4O3S. The molecule has 0 unspecified atom stereocenters. The number of hydrogen-bond donors (Lipinski definition) is 0. The van der Waals surface area contributed by atoms with Crippen molar-refractivity contribution in [3.63, 3.8) is 0 Å². The highest BCUT2D eigenvalue weighted by Crippen LogP contribution is 2.28. The van der Waals surface area contributed by atoms with Crippen molar-refractivity contribution in [3.8, 4) is 0 Å². The predicted octanol–water partition coefficient (Wildman–Crippen LogP) is 1.21. The number of aromatic nitrogens is 3. The van der Waals surface area contributed by atoms with Gasteiger partial charge in [0.2, 0.25) is 0 Å². The number of pyridine rings is 1. The third kappa shape index (κ3) is 3.96. The molecule has 0 aliphatic rings. The molecule has 0 spiro atoms. The number of hydrogen-bond acceptors (Lipinski definition) is 6. The van der Waals surface area contributed by atoms with Gasteiger partial charge in [-0.25, -0.2) is 9.78 Å². The summed E-state index contributed by atoms with van der Waals surface area (Å²) in [5, 5.41) is 0.490. The number of aryl methyl sites for hydroxylation is 1. The monoisotopic (exact) mass is 366 g/mol. The molecule has 2 aromatic heterocycles. The van der Waals surface area contributed by atoms with E-state index in [2.05, 4.69) is 23.7 Å². The van der Waals surface area contributed by atoms with E-state index in [0.717, 1.165) is 40.4 Å². The molecule has 0 saturated heterocycles. The Morgan fingerprint density at radius 3 is 2.48 bits per heavy atom. The van der Waals surface area contributed by atoms with Crippen LogP contribution in [0.4, 0.5) is 0 Å². The van der Waals surface area contributed by atoms with E-state index in [1.54, 1.807) is 32.1 Å². The summed E-state index contributed by atoms with van der Waals surface area (Å²) in [7, 11) is 4.75. The third-order valence-corrected chi connectivity index (χ3v) is 5.48. The van der Waals surface area contributed by atoms with Gasteiger partial charge in [0, 0.05) is 50.2 Å². The summed E-state index contributed by atoms with van der Waals surface area (Å²) in [6.07, 6.45) is 1.70. The second-order valence-electron chi connectivity index (χ2n) is 5.83. The van der Waals surface area contributed by atoms with Crippen LogP contribution in [0.2, 0.25) is 0 Å². The number of fused-ring (bicyclic) bond motifs is 1. The molecule has 25 heavy (non-hydrogen) atoms. The predicted molar refractivity (Wildman–Crippen MR) is 101 cm³/mol. The van der Waals surface area contributed by atoms with Crippen molar-refractivity contribution in [2.75, 3.05) is 32.5 Å². The lowest BCUT2D eigenvalue weighted by Gasteiger charge is -2.18. The van der Waals surface area contributed by atoms with Gasteiger partial charge < -0.3 is 9.64 Å². The fourth-order valence-electron chi connectivity index (χ4n) is 2.78. The smallest absolute Gasteiger partial charge is 0.332 e. The van der Waals surface area contributed by atoms with Crippen LogP contribution in [0.15, 0.2) is 20.7 Å². The average Bonchev–Trinajstić information content (AvgIpc) is 2.62. The Bertz CT molecular complexity index is 856. The van der Waals surface area contributed by atoms with Crippen molar-refractivity contribution in [2.45, 2.75) is 25.3 Å². The topological polar surface area (TPSA) is 69.4 Å². The highest BCUT2D eigenvalue weighted by atomic mass is 32.2. The number of ether oxygens (including phenoxy) is 1. The van der Waals surface area contributed by atoms with Crippen LogP contribution in [0.25, 0.3) is 11.0 Å². The molecule has 2 rings (SSSR count). The lowest BCUT2D eigenvalue weighted by Crippen LogP contribution is -2.37. The Morgan fingerprint density at radius 2 is 1.88 bits per heavy atom. The van der Waals surface area contributed by atoms with Gasteiger partial charge in [-0.2, -0.15) is 0 Å². The van der Waals surface area contributed by atoms with E-state index < -0.39 is 0 Å². The van der Waals surface area contributed by atoms with Crippen molar-refractivity contribution >= 4 is 22.8 Å². The molecule has 8 heteroatoms. The molecule has 0 aliphatic heterocycles. The minimum absolute atomic E-state index is 0.311. The molecule has 0 aromatic carbocycles. The highest BCUT2D eigenvalue weighted by molar-refractivity contribution is 7.99. The minimum atomic E-state index is -0.372. The second kappa shape index (κ2) is 8.64. The summed E-state index contributed by atoms with van der Waals surface area (Å²) in [6, 6.07) is 0. The van der Waals surface area contributed by atoms with Gasteiger partial charge >= 0.3 is 5.69 Å². The zero-order valence-electron chi connectivity index (χ0n) is 15.5. The van der Waals surface area contributed by atoms with E-state index >= 15 is 0 Å². The summed E-state index contributed by atoms with van der Waals surface area (Å²) in [4.78, 5) is 32.4. The first kappa shape index (κ1) is 19.7. The lowest BCUT2D eigenvalue weighted by atomic mass is 10.2. The van der Waals surface area contributed by atoms with Crippen LogP contribution in [-0.4, -0.2) is 51.5 Å². The second-order valence-corrected chi connectivity index (χ2v) is 6.93. The normalized spacial score (nSPS) is 11.6. The van der Waals surface area contributed by atoms with Crippen LogP contribution in [0.3, 0.4) is 0 Å². The SMILES string of the molecule is CCN(CC)CCSc1c(COC)cnc2c1c(=O)n(C)c(=O)n2C. The van der Waals surface area contributed by atoms with Gasteiger partial charge in [0.1, 0.15) is 5.65 Å². The minimum Gasteiger partial charge on any atom is -0.380 e. The van der Waals surface area contributed by atoms with E-state index in [1.807, 2.05) is 0 Å². The highest BCUT2D eigenvalue weighted by Gasteiger charge is 2.17. The van der Waals surface area contributed by atoms with Crippen molar-refractivity contribution in [3.05, 3.63) is 32.6 Å². The number of rotatable bonds is 8. The lowest BCUT2D eigenvalue weighted by molar-refractivity contribution is 0.183. The van der Waals surface area contributed by atoms with Gasteiger partial charge in [-0.15, -0.1) is 11.8 Å². The summed E-state index contributed by atoms with van der Waals surface area (Å²) >= 11 is 1.62. The first-order chi connectivity index (χ1) is 12.0. The Labute approximate surface area is 151 Å². The van der Waals surface area contributed by atoms with Crippen molar-refractivity contribution in [1.29, 1.82) is 0 Å². The maximum atomic E-state index is 12.7. The van der Waals surface area contributed by atoms with Gasteiger partial charge in [-0.1, -0.05) is 13.8 Å². The van der Waals surface area contributed by atoms with Gasteiger partial charge in [-0.3, -0.25) is 13.9 Å². The van der Waals surface area contributed by atoms with E-state index in [1.165, 1.54) is 11.6 Å². The zero-order chi connectivity index (χ0) is 18.6. The Balaban J connectivity index is 2.56. The molecule has 0 atom stereocenters. The first-order valence-corrected chi connectivity index (χ1v) is 9.36. The third-order valence-electron chi connectivity index (χ3n) is 4.34. The Kier molecular flexibility index (Phi) is 6.80. The fraction of sp³-hybridized carbons (Fsp3) is 0.588. The van der Waals surface area contributed by atoms with Crippen molar-refractivity contribution in [2.24, 2.45) is 14.1 Å². The molecule has 0 aliphatic carbocycles. The molecular weight excluding hydrogens is 340 g/mol. The molecule has 7 nitrogen and oxygen atoms in total. The molecule has 138 valence electrons.